The van der Waals surface area contributed by atoms with Crippen molar-refractivity contribution in [3.8, 4) is 0 Å². The summed E-state index contributed by atoms with van der Waals surface area (Å²) in [5.74, 6) is 0.693. The van der Waals surface area contributed by atoms with Gasteiger partial charge in [0, 0.05) is 38.1 Å². The van der Waals surface area contributed by atoms with E-state index in [0.717, 1.165) is 39.0 Å². The molecule has 3 nitrogen and oxygen atoms in total. The Bertz CT molecular complexity index is 251. The fraction of sp³-hybridized carbons (Fsp3) is 0.857. The van der Waals surface area contributed by atoms with Crippen LogP contribution in [-0.4, -0.2) is 47.9 Å². The summed E-state index contributed by atoms with van der Waals surface area (Å²) in [6, 6.07) is 0.607. The van der Waals surface area contributed by atoms with Crippen LogP contribution in [0.15, 0.2) is 0 Å². The zero-order valence-corrected chi connectivity index (χ0v) is 11.2. The number of hydrogen-bond acceptors (Lipinski definition) is 2. The third-order valence-corrected chi connectivity index (χ3v) is 4.12. The highest BCUT2D eigenvalue weighted by Gasteiger charge is 2.28. The van der Waals surface area contributed by atoms with Crippen molar-refractivity contribution in [2.75, 3.05) is 26.2 Å². The second-order valence-electron chi connectivity index (χ2n) is 5.61. The van der Waals surface area contributed by atoms with Crippen molar-refractivity contribution < 1.29 is 4.79 Å². The van der Waals surface area contributed by atoms with Gasteiger partial charge in [-0.15, -0.1) is 0 Å². The molecule has 1 atom stereocenters. The van der Waals surface area contributed by atoms with Gasteiger partial charge >= 0.3 is 0 Å². The Balaban J connectivity index is 1.81. The molecule has 2 fully saturated rings. The number of carbonyl (C=O) groups is 1. The van der Waals surface area contributed by atoms with Crippen molar-refractivity contribution in [2.24, 2.45) is 5.92 Å². The normalized spacial score (nSPS) is 24.3. The summed E-state index contributed by atoms with van der Waals surface area (Å²) in [7, 11) is 0. The van der Waals surface area contributed by atoms with Gasteiger partial charge in [-0.25, -0.2) is 0 Å². The summed E-state index contributed by atoms with van der Waals surface area (Å²) < 4.78 is 0. The Labute approximate surface area is 105 Å². The van der Waals surface area contributed by atoms with Crippen LogP contribution in [0.25, 0.3) is 0 Å². The van der Waals surface area contributed by atoms with Gasteiger partial charge in [0.1, 0.15) is 0 Å². The summed E-state index contributed by atoms with van der Waals surface area (Å²) >= 11 is 0. The van der Waals surface area contributed by atoms with Crippen molar-refractivity contribution in [2.45, 2.75) is 45.6 Å². The van der Waals surface area contributed by atoms with Crippen molar-refractivity contribution in [3.63, 3.8) is 0 Å². The SMILES string of the molecule is CC(C)N1CCN(C(=O)C2C[CH]CCC2)CC1. The molecule has 1 amide bonds. The van der Waals surface area contributed by atoms with Crippen molar-refractivity contribution in [1.82, 2.24) is 9.80 Å². The maximum atomic E-state index is 12.3. The van der Waals surface area contributed by atoms with E-state index in [2.05, 4.69) is 30.1 Å². The third kappa shape index (κ3) is 3.21. The minimum absolute atomic E-state index is 0.286. The Morgan fingerprint density at radius 2 is 1.94 bits per heavy atom. The Morgan fingerprint density at radius 3 is 2.47 bits per heavy atom. The maximum absolute atomic E-state index is 12.3. The summed E-state index contributed by atoms with van der Waals surface area (Å²) in [4.78, 5) is 16.9. The maximum Gasteiger partial charge on any atom is 0.225 e. The number of amides is 1. The molecular formula is C14H25N2O. The lowest BCUT2D eigenvalue weighted by Gasteiger charge is -2.38. The molecule has 1 aliphatic heterocycles. The second-order valence-corrected chi connectivity index (χ2v) is 5.61. The molecule has 0 spiro atoms. The van der Waals surface area contributed by atoms with Gasteiger partial charge < -0.3 is 4.90 Å². The zero-order valence-electron chi connectivity index (χ0n) is 11.2. The minimum atomic E-state index is 0.286. The zero-order chi connectivity index (χ0) is 12.3. The van der Waals surface area contributed by atoms with Gasteiger partial charge in [-0.1, -0.05) is 12.8 Å². The van der Waals surface area contributed by atoms with E-state index < -0.39 is 0 Å². The monoisotopic (exact) mass is 237 g/mol. The van der Waals surface area contributed by atoms with Gasteiger partial charge in [-0.2, -0.15) is 0 Å². The second kappa shape index (κ2) is 5.85. The number of piperazine rings is 1. The Hall–Kier alpha value is -0.570. The van der Waals surface area contributed by atoms with Gasteiger partial charge in [0.15, 0.2) is 0 Å². The van der Waals surface area contributed by atoms with Crippen LogP contribution in [0.1, 0.15) is 39.5 Å². The molecule has 2 rings (SSSR count). The van der Waals surface area contributed by atoms with Crippen LogP contribution >= 0.6 is 0 Å². The van der Waals surface area contributed by atoms with Gasteiger partial charge in [0.2, 0.25) is 5.91 Å². The van der Waals surface area contributed by atoms with E-state index in [9.17, 15) is 4.79 Å². The lowest BCUT2D eigenvalue weighted by atomic mass is 9.88. The van der Waals surface area contributed by atoms with Crippen molar-refractivity contribution >= 4 is 5.91 Å². The van der Waals surface area contributed by atoms with E-state index in [4.69, 9.17) is 0 Å². The molecular weight excluding hydrogens is 212 g/mol. The van der Waals surface area contributed by atoms with Gasteiger partial charge in [-0.05, 0) is 33.1 Å². The molecule has 0 N–H and O–H groups in total. The van der Waals surface area contributed by atoms with E-state index in [1.807, 2.05) is 0 Å². The summed E-state index contributed by atoms with van der Waals surface area (Å²) in [6.07, 6.45) is 6.78. The molecule has 17 heavy (non-hydrogen) atoms. The molecule has 1 saturated heterocycles. The predicted octanol–water partition coefficient (Wildman–Crippen LogP) is 1.93. The van der Waals surface area contributed by atoms with Crippen LogP contribution in [0.5, 0.6) is 0 Å². The first-order valence-corrected chi connectivity index (χ1v) is 7.03. The first-order chi connectivity index (χ1) is 8.18. The summed E-state index contributed by atoms with van der Waals surface area (Å²) in [5, 5.41) is 0. The lowest BCUT2D eigenvalue weighted by molar-refractivity contribution is -0.138. The molecule has 3 heteroatoms. The van der Waals surface area contributed by atoms with Crippen LogP contribution in [-0.2, 0) is 4.79 Å². The number of rotatable bonds is 2. The molecule has 0 aromatic carbocycles. The van der Waals surface area contributed by atoms with Gasteiger partial charge in [-0.3, -0.25) is 9.69 Å². The van der Waals surface area contributed by atoms with Gasteiger partial charge in [0.25, 0.3) is 0 Å². The van der Waals surface area contributed by atoms with E-state index in [-0.39, 0.29) is 5.92 Å². The van der Waals surface area contributed by atoms with Crippen LogP contribution < -0.4 is 0 Å². The molecule has 2 aliphatic rings. The molecule has 1 radical (unpaired) electrons. The standard InChI is InChI=1S/C14H25N2O/c1-12(2)15-8-10-16(11-9-15)14(17)13-6-4-3-5-7-13/h4,12-13H,3,5-11H2,1-2H3. The van der Waals surface area contributed by atoms with E-state index in [1.54, 1.807) is 0 Å². The molecule has 1 saturated carbocycles. The Kier molecular flexibility index (Phi) is 4.43. The largest absolute Gasteiger partial charge is 0.340 e. The van der Waals surface area contributed by atoms with E-state index >= 15 is 0 Å². The average molecular weight is 237 g/mol. The first-order valence-electron chi connectivity index (χ1n) is 7.03. The van der Waals surface area contributed by atoms with E-state index in [1.165, 1.54) is 12.8 Å². The number of nitrogens with zero attached hydrogens (tertiary/aromatic N) is 2. The average Bonchev–Trinajstić information content (AvgIpc) is 2.39. The van der Waals surface area contributed by atoms with Crippen LogP contribution in [0.2, 0.25) is 0 Å². The predicted molar refractivity (Wildman–Crippen MR) is 69.5 cm³/mol. The van der Waals surface area contributed by atoms with Crippen LogP contribution in [0.4, 0.5) is 0 Å². The Morgan fingerprint density at radius 1 is 1.24 bits per heavy atom. The fourth-order valence-corrected chi connectivity index (χ4v) is 2.89. The minimum Gasteiger partial charge on any atom is -0.340 e. The molecule has 0 bridgehead atoms. The van der Waals surface area contributed by atoms with Crippen LogP contribution in [0.3, 0.4) is 0 Å². The summed E-state index contributed by atoms with van der Waals surface area (Å²) in [6.45, 7) is 8.39. The molecule has 1 heterocycles. The number of hydrogen-bond donors (Lipinski definition) is 0. The highest BCUT2D eigenvalue weighted by atomic mass is 16.2. The van der Waals surface area contributed by atoms with Crippen LogP contribution in [0, 0.1) is 12.3 Å². The molecule has 1 aliphatic carbocycles. The smallest absolute Gasteiger partial charge is 0.225 e. The molecule has 0 aromatic rings. The molecule has 1 unspecified atom stereocenters. The molecule has 0 aromatic heterocycles. The fourth-order valence-electron chi connectivity index (χ4n) is 2.89. The van der Waals surface area contributed by atoms with Crippen molar-refractivity contribution in [1.29, 1.82) is 0 Å². The first kappa shape index (κ1) is 12.9. The topological polar surface area (TPSA) is 23.6 Å². The summed E-state index contributed by atoms with van der Waals surface area (Å²) in [5.41, 5.74) is 0. The molecule has 97 valence electrons. The third-order valence-electron chi connectivity index (χ3n) is 4.12. The quantitative estimate of drug-likeness (QED) is 0.732. The highest BCUT2D eigenvalue weighted by molar-refractivity contribution is 5.79. The van der Waals surface area contributed by atoms with E-state index in [0.29, 0.717) is 11.9 Å². The van der Waals surface area contributed by atoms with Gasteiger partial charge in [0.05, 0.1) is 0 Å². The van der Waals surface area contributed by atoms with Crippen molar-refractivity contribution in [3.05, 3.63) is 6.42 Å². The lowest BCUT2D eigenvalue weighted by Crippen LogP contribution is -2.52. The number of carbonyl (C=O) groups excluding carboxylic acids is 1. The highest BCUT2D eigenvalue weighted by Crippen LogP contribution is 2.25.